The fourth-order valence-electron chi connectivity index (χ4n) is 1.02. The molecule has 0 aliphatic rings. The Bertz CT molecular complexity index is 507. The van der Waals surface area contributed by atoms with E-state index in [4.69, 9.17) is 0 Å². The molecular weight excluding hydrogens is 264 g/mol. The monoisotopic (exact) mass is 272 g/mol. The summed E-state index contributed by atoms with van der Waals surface area (Å²) < 4.78 is 73.6. The zero-order chi connectivity index (χ0) is 13.3. The molecule has 0 atom stereocenters. The fourth-order valence-corrected chi connectivity index (χ4v) is 1.44. The molecule has 0 fully saturated rings. The van der Waals surface area contributed by atoms with Crippen molar-refractivity contribution in [2.45, 2.75) is 19.0 Å². The molecule has 0 heterocycles. The molecule has 0 amide bonds. The lowest BCUT2D eigenvalue weighted by Gasteiger charge is -2.09. The van der Waals surface area contributed by atoms with E-state index in [9.17, 15) is 26.0 Å². The first kappa shape index (κ1) is 13.9. The molecule has 0 aliphatic heterocycles. The van der Waals surface area contributed by atoms with Crippen LogP contribution in [0.5, 0.6) is 0 Å². The van der Waals surface area contributed by atoms with Gasteiger partial charge in [0.1, 0.15) is 5.82 Å². The second-order valence-corrected chi connectivity index (χ2v) is 4.86. The van der Waals surface area contributed by atoms with Crippen LogP contribution in [0, 0.1) is 12.7 Å². The van der Waals surface area contributed by atoms with Crippen LogP contribution in [0.1, 0.15) is 11.1 Å². The van der Waals surface area contributed by atoms with E-state index < -0.39 is 28.1 Å². The predicted octanol–water partition coefficient (Wildman–Crippen LogP) is 2.50. The van der Waals surface area contributed by atoms with Gasteiger partial charge in [0.2, 0.25) is 0 Å². The number of hydrogen-bond acceptors (Lipinski definition) is 3. The largest absolute Gasteiger partial charge is 0.523 e. The van der Waals surface area contributed by atoms with Crippen molar-refractivity contribution in [3.63, 3.8) is 0 Å². The smallest absolute Gasteiger partial charge is 0.258 e. The first-order chi connectivity index (χ1) is 7.63. The van der Waals surface area contributed by atoms with Crippen LogP contribution in [0.4, 0.5) is 17.6 Å². The molecule has 0 bridgehead atoms. The zero-order valence-corrected chi connectivity index (χ0v) is 9.40. The minimum Gasteiger partial charge on any atom is -0.258 e. The van der Waals surface area contributed by atoms with E-state index in [0.717, 1.165) is 6.07 Å². The van der Waals surface area contributed by atoms with Gasteiger partial charge in [-0.2, -0.15) is 21.6 Å². The Balaban J connectivity index is 2.85. The third kappa shape index (κ3) is 3.40. The predicted molar refractivity (Wildman–Crippen MR) is 50.9 cm³/mol. The summed E-state index contributed by atoms with van der Waals surface area (Å²) in [5.74, 6) is -0.826. The quantitative estimate of drug-likeness (QED) is 0.482. The summed E-state index contributed by atoms with van der Waals surface area (Å²) in [4.78, 5) is 0. The summed E-state index contributed by atoms with van der Waals surface area (Å²) in [5, 5.41) is 0. The molecule has 1 aromatic carbocycles. The summed E-state index contributed by atoms with van der Waals surface area (Å²) in [6.07, 6.45) is 0. The van der Waals surface area contributed by atoms with Crippen LogP contribution in [0.2, 0.25) is 0 Å². The number of alkyl halides is 3. The lowest BCUT2D eigenvalue weighted by atomic mass is 10.1. The van der Waals surface area contributed by atoms with Crippen molar-refractivity contribution in [3.05, 3.63) is 35.1 Å². The Morgan fingerprint density at radius 2 is 1.88 bits per heavy atom. The maximum Gasteiger partial charge on any atom is 0.523 e. The number of benzene rings is 1. The fraction of sp³-hybridized carbons (Fsp3) is 0.333. The molecule has 3 nitrogen and oxygen atoms in total. The number of halogens is 4. The van der Waals surface area contributed by atoms with Crippen LogP contribution in [-0.2, 0) is 20.9 Å². The topological polar surface area (TPSA) is 43.4 Å². The second kappa shape index (κ2) is 4.61. The van der Waals surface area contributed by atoms with E-state index in [1.165, 1.54) is 12.1 Å². The summed E-state index contributed by atoms with van der Waals surface area (Å²) in [6, 6.07) is 3.63. The Hall–Kier alpha value is -1.15. The average molecular weight is 272 g/mol. The van der Waals surface area contributed by atoms with Crippen molar-refractivity contribution in [3.8, 4) is 0 Å². The Morgan fingerprint density at radius 1 is 1.29 bits per heavy atom. The van der Waals surface area contributed by atoms with Gasteiger partial charge in [0.05, 0.1) is 6.61 Å². The molecule has 0 N–H and O–H groups in total. The number of rotatable bonds is 3. The van der Waals surface area contributed by atoms with Crippen LogP contribution in [0.25, 0.3) is 0 Å². The molecule has 0 radical (unpaired) electrons. The van der Waals surface area contributed by atoms with Crippen molar-refractivity contribution >= 4 is 10.1 Å². The third-order valence-corrected chi connectivity index (χ3v) is 2.85. The maximum absolute atomic E-state index is 13.1. The van der Waals surface area contributed by atoms with Gasteiger partial charge < -0.3 is 0 Å². The number of hydrogen-bond donors (Lipinski definition) is 0. The Kier molecular flexibility index (Phi) is 3.78. The molecule has 0 unspecified atom stereocenters. The van der Waals surface area contributed by atoms with Gasteiger partial charge in [-0.25, -0.2) is 4.39 Å². The van der Waals surface area contributed by atoms with E-state index in [0.29, 0.717) is 5.56 Å². The summed E-state index contributed by atoms with van der Waals surface area (Å²) in [6.45, 7) is 0.594. The van der Waals surface area contributed by atoms with E-state index in [-0.39, 0.29) is 5.56 Å². The van der Waals surface area contributed by atoms with Gasteiger partial charge >= 0.3 is 15.6 Å². The standard InChI is InChI=1S/C9H8F4O3S/c1-6-2-3-8(10)7(4-6)5-16-17(14,15)9(11,12)13/h2-4H,5H2,1H3. The molecule has 1 aromatic rings. The average Bonchev–Trinajstić information content (AvgIpc) is 2.18. The van der Waals surface area contributed by atoms with Gasteiger partial charge in [-0.05, 0) is 13.0 Å². The Labute approximate surface area is 95.1 Å². The van der Waals surface area contributed by atoms with Gasteiger partial charge in [-0.3, -0.25) is 4.18 Å². The number of aryl methyl sites for hydroxylation is 1. The van der Waals surface area contributed by atoms with Crippen molar-refractivity contribution in [2.75, 3.05) is 0 Å². The van der Waals surface area contributed by atoms with Gasteiger partial charge in [-0.1, -0.05) is 17.7 Å². The minimum absolute atomic E-state index is 0.252. The normalized spacial score (nSPS) is 12.8. The third-order valence-electron chi connectivity index (χ3n) is 1.85. The highest BCUT2D eigenvalue weighted by Gasteiger charge is 2.47. The van der Waals surface area contributed by atoms with Crippen LogP contribution < -0.4 is 0 Å². The van der Waals surface area contributed by atoms with Crippen LogP contribution >= 0.6 is 0 Å². The molecule has 0 spiro atoms. The molecule has 0 aliphatic carbocycles. The molecule has 8 heteroatoms. The van der Waals surface area contributed by atoms with Crippen LogP contribution in [0.15, 0.2) is 18.2 Å². The van der Waals surface area contributed by atoms with Gasteiger partial charge in [0.25, 0.3) is 0 Å². The van der Waals surface area contributed by atoms with Crippen molar-refractivity contribution in [1.29, 1.82) is 0 Å². The van der Waals surface area contributed by atoms with Crippen LogP contribution in [-0.4, -0.2) is 13.9 Å². The van der Waals surface area contributed by atoms with Crippen molar-refractivity contribution in [2.24, 2.45) is 0 Å². The SMILES string of the molecule is Cc1ccc(F)c(COS(=O)(=O)C(F)(F)F)c1. The van der Waals surface area contributed by atoms with E-state index >= 15 is 0 Å². The molecule has 96 valence electrons. The van der Waals surface area contributed by atoms with Crippen LogP contribution in [0.3, 0.4) is 0 Å². The van der Waals surface area contributed by atoms with Gasteiger partial charge in [0.15, 0.2) is 0 Å². The molecular formula is C9H8F4O3S. The summed E-state index contributed by atoms with van der Waals surface area (Å²) >= 11 is 0. The zero-order valence-electron chi connectivity index (χ0n) is 8.58. The molecule has 0 aromatic heterocycles. The summed E-state index contributed by atoms with van der Waals surface area (Å²) in [5.41, 5.74) is -5.18. The second-order valence-electron chi connectivity index (χ2n) is 3.26. The minimum atomic E-state index is -5.69. The van der Waals surface area contributed by atoms with Gasteiger partial charge in [0, 0.05) is 5.56 Å². The highest BCUT2D eigenvalue weighted by Crippen LogP contribution is 2.25. The molecule has 1 rings (SSSR count). The summed E-state index contributed by atoms with van der Waals surface area (Å²) in [7, 11) is -5.69. The van der Waals surface area contributed by atoms with E-state index in [1.54, 1.807) is 6.92 Å². The lowest BCUT2D eigenvalue weighted by Crippen LogP contribution is -2.25. The first-order valence-electron chi connectivity index (χ1n) is 4.34. The molecule has 0 saturated heterocycles. The van der Waals surface area contributed by atoms with Crippen molar-refractivity contribution in [1.82, 2.24) is 0 Å². The highest BCUT2D eigenvalue weighted by atomic mass is 32.2. The van der Waals surface area contributed by atoms with Gasteiger partial charge in [-0.15, -0.1) is 0 Å². The Morgan fingerprint density at radius 3 is 2.41 bits per heavy atom. The maximum atomic E-state index is 13.1. The molecule has 0 saturated carbocycles. The molecule has 17 heavy (non-hydrogen) atoms. The lowest BCUT2D eigenvalue weighted by molar-refractivity contribution is -0.0548. The van der Waals surface area contributed by atoms with E-state index in [2.05, 4.69) is 4.18 Å². The van der Waals surface area contributed by atoms with Crippen molar-refractivity contribution < 1.29 is 30.2 Å². The van der Waals surface area contributed by atoms with E-state index in [1.807, 2.05) is 0 Å². The first-order valence-corrected chi connectivity index (χ1v) is 5.75. The highest BCUT2D eigenvalue weighted by molar-refractivity contribution is 7.87.